The Morgan fingerprint density at radius 1 is 1.24 bits per heavy atom. The molecule has 2 aromatic carbocycles. The summed E-state index contributed by atoms with van der Waals surface area (Å²) in [6, 6.07) is 11.9. The predicted molar refractivity (Wildman–Crippen MR) is 99.1 cm³/mol. The molecule has 1 aromatic heterocycles. The molecule has 0 atom stereocenters. The Labute approximate surface area is 146 Å². The van der Waals surface area contributed by atoms with Crippen LogP contribution in [-0.2, 0) is 10.2 Å². The summed E-state index contributed by atoms with van der Waals surface area (Å²) < 4.78 is 5.39. The van der Waals surface area contributed by atoms with Gasteiger partial charge in [0.1, 0.15) is 17.1 Å². The molecule has 1 aliphatic rings. The van der Waals surface area contributed by atoms with Gasteiger partial charge in [0.2, 0.25) is 5.91 Å². The molecule has 0 radical (unpaired) electrons. The number of rotatable bonds is 3. The second-order valence-electron chi connectivity index (χ2n) is 6.85. The van der Waals surface area contributed by atoms with Gasteiger partial charge in [-0.2, -0.15) is 0 Å². The minimum atomic E-state index is -0.485. The zero-order valence-electron chi connectivity index (χ0n) is 14.9. The maximum atomic E-state index is 12.7. The molecular formula is C20H21N3O2. The number of benzene rings is 2. The SMILES string of the molecule is CCN1C(=O)C(C)(C)c2ccc(-c3nc4c(OC)cccc4[nH]3)cc21. The Hall–Kier alpha value is -2.82. The molecule has 1 amide bonds. The van der Waals surface area contributed by atoms with Gasteiger partial charge in [0.25, 0.3) is 0 Å². The highest BCUT2D eigenvalue weighted by Gasteiger charge is 2.43. The van der Waals surface area contributed by atoms with Crippen molar-refractivity contribution in [3.8, 4) is 17.1 Å². The molecule has 0 bridgehead atoms. The van der Waals surface area contributed by atoms with Gasteiger partial charge in [0, 0.05) is 17.8 Å². The topological polar surface area (TPSA) is 58.2 Å². The standard InChI is InChI=1S/C20H21N3O2/c1-5-23-15-11-12(9-10-13(15)20(2,3)19(23)24)18-21-14-7-6-8-16(25-4)17(14)22-18/h6-11H,5H2,1-4H3,(H,21,22). The molecular weight excluding hydrogens is 314 g/mol. The molecule has 0 saturated heterocycles. The van der Waals surface area contributed by atoms with Crippen molar-refractivity contribution in [2.75, 3.05) is 18.6 Å². The number of carbonyl (C=O) groups is 1. The van der Waals surface area contributed by atoms with Crippen molar-refractivity contribution in [1.29, 1.82) is 0 Å². The van der Waals surface area contributed by atoms with E-state index in [1.807, 2.05) is 56.0 Å². The fourth-order valence-electron chi connectivity index (χ4n) is 3.61. The molecule has 5 heteroatoms. The summed E-state index contributed by atoms with van der Waals surface area (Å²) in [6.07, 6.45) is 0. The lowest BCUT2D eigenvalue weighted by molar-refractivity contribution is -0.122. The van der Waals surface area contributed by atoms with Crippen molar-refractivity contribution in [3.63, 3.8) is 0 Å². The molecule has 3 aromatic rings. The number of H-pyrrole nitrogens is 1. The van der Waals surface area contributed by atoms with Crippen LogP contribution in [0.25, 0.3) is 22.4 Å². The summed E-state index contributed by atoms with van der Waals surface area (Å²) in [5, 5.41) is 0. The first-order valence-corrected chi connectivity index (χ1v) is 8.47. The van der Waals surface area contributed by atoms with Crippen LogP contribution in [0.2, 0.25) is 0 Å². The lowest BCUT2D eigenvalue weighted by Crippen LogP contribution is -2.35. The maximum absolute atomic E-state index is 12.7. The number of imidazole rings is 1. The summed E-state index contributed by atoms with van der Waals surface area (Å²) in [5.41, 5.74) is 4.25. The van der Waals surface area contributed by atoms with Gasteiger partial charge in [-0.1, -0.05) is 18.2 Å². The van der Waals surface area contributed by atoms with Gasteiger partial charge in [-0.05, 0) is 44.5 Å². The van der Waals surface area contributed by atoms with Crippen molar-refractivity contribution in [3.05, 3.63) is 42.0 Å². The number of likely N-dealkylation sites (N-methyl/N-ethyl adjacent to an activating group) is 1. The number of hydrogen-bond donors (Lipinski definition) is 1. The second-order valence-corrected chi connectivity index (χ2v) is 6.85. The molecule has 0 saturated carbocycles. The van der Waals surface area contributed by atoms with Crippen LogP contribution in [0, 0.1) is 0 Å². The number of nitrogens with one attached hydrogen (secondary N) is 1. The van der Waals surface area contributed by atoms with Gasteiger partial charge in [-0.25, -0.2) is 4.98 Å². The smallest absolute Gasteiger partial charge is 0.237 e. The van der Waals surface area contributed by atoms with Gasteiger partial charge >= 0.3 is 0 Å². The van der Waals surface area contributed by atoms with Gasteiger partial charge < -0.3 is 14.6 Å². The molecule has 0 fully saturated rings. The molecule has 1 N–H and O–H groups in total. The van der Waals surface area contributed by atoms with Gasteiger partial charge in [-0.15, -0.1) is 0 Å². The van der Waals surface area contributed by atoms with Crippen LogP contribution in [0.1, 0.15) is 26.3 Å². The van der Waals surface area contributed by atoms with E-state index in [2.05, 4.69) is 11.1 Å². The number of nitrogens with zero attached hydrogens (tertiary/aromatic N) is 2. The van der Waals surface area contributed by atoms with E-state index >= 15 is 0 Å². The van der Waals surface area contributed by atoms with E-state index in [4.69, 9.17) is 9.72 Å². The zero-order valence-corrected chi connectivity index (χ0v) is 14.9. The lowest BCUT2D eigenvalue weighted by atomic mass is 9.86. The molecule has 2 heterocycles. The summed E-state index contributed by atoms with van der Waals surface area (Å²) in [4.78, 5) is 22.6. The normalized spacial score (nSPS) is 15.7. The number of amides is 1. The van der Waals surface area contributed by atoms with E-state index < -0.39 is 5.41 Å². The Balaban J connectivity index is 1.86. The molecule has 5 nitrogen and oxygen atoms in total. The van der Waals surface area contributed by atoms with Crippen molar-refractivity contribution >= 4 is 22.6 Å². The zero-order chi connectivity index (χ0) is 17.8. The number of para-hydroxylation sites is 1. The van der Waals surface area contributed by atoms with Gasteiger partial charge in [0.05, 0.1) is 18.0 Å². The number of anilines is 1. The third kappa shape index (κ3) is 2.15. The van der Waals surface area contributed by atoms with Crippen LogP contribution in [0.5, 0.6) is 5.75 Å². The number of aromatic nitrogens is 2. The summed E-state index contributed by atoms with van der Waals surface area (Å²) in [7, 11) is 1.64. The van der Waals surface area contributed by atoms with Gasteiger partial charge in [-0.3, -0.25) is 4.79 Å². The fourth-order valence-corrected chi connectivity index (χ4v) is 3.61. The quantitative estimate of drug-likeness (QED) is 0.790. The molecule has 0 unspecified atom stereocenters. The predicted octanol–water partition coefficient (Wildman–Crippen LogP) is 3.88. The van der Waals surface area contributed by atoms with E-state index in [1.54, 1.807) is 7.11 Å². The highest BCUT2D eigenvalue weighted by molar-refractivity contribution is 6.08. The molecule has 128 valence electrons. The minimum absolute atomic E-state index is 0.147. The number of methoxy groups -OCH3 is 1. The van der Waals surface area contributed by atoms with Gasteiger partial charge in [0.15, 0.2) is 0 Å². The Morgan fingerprint density at radius 3 is 2.76 bits per heavy atom. The summed E-state index contributed by atoms with van der Waals surface area (Å²) in [5.74, 6) is 1.66. The lowest BCUT2D eigenvalue weighted by Gasteiger charge is -2.18. The summed E-state index contributed by atoms with van der Waals surface area (Å²) in [6.45, 7) is 6.62. The highest BCUT2D eigenvalue weighted by atomic mass is 16.5. The summed E-state index contributed by atoms with van der Waals surface area (Å²) >= 11 is 0. The number of hydrogen-bond acceptors (Lipinski definition) is 3. The van der Waals surface area contributed by atoms with Crippen molar-refractivity contribution in [2.24, 2.45) is 0 Å². The van der Waals surface area contributed by atoms with Crippen molar-refractivity contribution in [1.82, 2.24) is 9.97 Å². The van der Waals surface area contributed by atoms with Crippen LogP contribution < -0.4 is 9.64 Å². The Morgan fingerprint density at radius 2 is 2.04 bits per heavy atom. The monoisotopic (exact) mass is 335 g/mol. The average Bonchev–Trinajstić information content (AvgIpc) is 3.13. The first-order chi connectivity index (χ1) is 12.0. The van der Waals surface area contributed by atoms with Crippen molar-refractivity contribution < 1.29 is 9.53 Å². The van der Waals surface area contributed by atoms with E-state index in [-0.39, 0.29) is 5.91 Å². The molecule has 25 heavy (non-hydrogen) atoms. The molecule has 1 aliphatic heterocycles. The average molecular weight is 335 g/mol. The maximum Gasteiger partial charge on any atom is 0.237 e. The molecule has 4 rings (SSSR count). The van der Waals surface area contributed by atoms with E-state index in [9.17, 15) is 4.79 Å². The number of aromatic amines is 1. The first kappa shape index (κ1) is 15.7. The Bertz CT molecular complexity index is 988. The second kappa shape index (κ2) is 5.34. The van der Waals surface area contributed by atoms with E-state index in [0.29, 0.717) is 6.54 Å². The number of ether oxygens (including phenoxy) is 1. The number of carbonyl (C=O) groups excluding carboxylic acids is 1. The van der Waals surface area contributed by atoms with Crippen LogP contribution in [0.3, 0.4) is 0 Å². The largest absolute Gasteiger partial charge is 0.494 e. The third-order valence-corrected chi connectivity index (χ3v) is 5.03. The fraction of sp³-hybridized carbons (Fsp3) is 0.300. The van der Waals surface area contributed by atoms with Crippen LogP contribution in [-0.4, -0.2) is 29.5 Å². The minimum Gasteiger partial charge on any atom is -0.494 e. The van der Waals surface area contributed by atoms with Crippen molar-refractivity contribution in [2.45, 2.75) is 26.2 Å². The van der Waals surface area contributed by atoms with Crippen LogP contribution >= 0.6 is 0 Å². The highest BCUT2D eigenvalue weighted by Crippen LogP contribution is 2.43. The molecule has 0 aliphatic carbocycles. The Kier molecular flexibility index (Phi) is 3.35. The van der Waals surface area contributed by atoms with Crippen LogP contribution in [0.15, 0.2) is 36.4 Å². The van der Waals surface area contributed by atoms with E-state index in [1.165, 1.54) is 0 Å². The van der Waals surface area contributed by atoms with Crippen LogP contribution in [0.4, 0.5) is 5.69 Å². The number of fused-ring (bicyclic) bond motifs is 2. The van der Waals surface area contributed by atoms with E-state index in [0.717, 1.165) is 39.4 Å². The third-order valence-electron chi connectivity index (χ3n) is 5.03. The first-order valence-electron chi connectivity index (χ1n) is 8.47. The molecule has 0 spiro atoms.